The van der Waals surface area contributed by atoms with Crippen LogP contribution >= 0.6 is 0 Å². The topological polar surface area (TPSA) is 54.4 Å². The number of carboxylic acid groups (broad SMARTS) is 1. The summed E-state index contributed by atoms with van der Waals surface area (Å²) in [6.45, 7) is 6.34. The number of unbranched alkanes of at least 4 members (excludes halogenated alkanes) is 13. The maximum atomic E-state index is 12.2. The highest BCUT2D eigenvalue weighted by molar-refractivity contribution is 5.83. The molecule has 160 valence electrons. The van der Waals surface area contributed by atoms with Crippen LogP contribution in [0.3, 0.4) is 0 Å². The van der Waals surface area contributed by atoms with Crippen molar-refractivity contribution in [3.63, 3.8) is 0 Å². The van der Waals surface area contributed by atoms with Crippen LogP contribution in [0, 0.1) is 5.41 Å². The van der Waals surface area contributed by atoms with Gasteiger partial charge >= 0.3 is 5.97 Å². The molecule has 0 fully saturated rings. The van der Waals surface area contributed by atoms with E-state index in [9.17, 15) is 9.59 Å². The van der Waals surface area contributed by atoms with Crippen LogP contribution in [0.15, 0.2) is 0 Å². The molecule has 0 bridgehead atoms. The number of carbonyl (C=O) groups is 2. The summed E-state index contributed by atoms with van der Waals surface area (Å²) in [4.78, 5) is 22.6. The summed E-state index contributed by atoms with van der Waals surface area (Å²) >= 11 is 0. The standard InChI is InChI=1S/C24H46O3/c1-4-21-24(2,3)22(25)19-17-15-13-11-9-7-5-6-8-10-12-14-16-18-20-23(26)27/h4-21H2,1-3H3,(H,26,27). The maximum Gasteiger partial charge on any atom is 0.303 e. The van der Waals surface area contributed by atoms with Crippen LogP contribution in [-0.4, -0.2) is 16.9 Å². The fourth-order valence-corrected chi connectivity index (χ4v) is 3.79. The normalized spacial score (nSPS) is 11.7. The van der Waals surface area contributed by atoms with Crippen molar-refractivity contribution in [3.8, 4) is 0 Å². The third-order valence-corrected chi connectivity index (χ3v) is 5.67. The first kappa shape index (κ1) is 26.1. The number of Topliss-reactive ketones (excluding diaryl/α,β-unsaturated/α-hetero) is 1. The molecule has 0 aliphatic carbocycles. The molecule has 0 aliphatic heterocycles. The molecule has 0 aromatic heterocycles. The number of hydrogen-bond acceptors (Lipinski definition) is 2. The molecule has 0 unspecified atom stereocenters. The maximum absolute atomic E-state index is 12.2. The number of rotatable bonds is 20. The van der Waals surface area contributed by atoms with Crippen LogP contribution in [0.1, 0.15) is 136 Å². The van der Waals surface area contributed by atoms with Crippen molar-refractivity contribution in [1.29, 1.82) is 0 Å². The summed E-state index contributed by atoms with van der Waals surface area (Å²) in [6.07, 6.45) is 20.4. The highest BCUT2D eigenvalue weighted by Crippen LogP contribution is 2.26. The first-order chi connectivity index (χ1) is 12.9. The van der Waals surface area contributed by atoms with Crippen molar-refractivity contribution >= 4 is 11.8 Å². The number of carboxylic acids is 1. The Bertz CT molecular complexity index is 374. The molecule has 0 aromatic rings. The second-order valence-electron chi connectivity index (χ2n) is 8.90. The Morgan fingerprint density at radius 1 is 0.630 bits per heavy atom. The van der Waals surface area contributed by atoms with Crippen LogP contribution in [0.25, 0.3) is 0 Å². The summed E-state index contributed by atoms with van der Waals surface area (Å²) in [5.41, 5.74) is -0.118. The van der Waals surface area contributed by atoms with Gasteiger partial charge in [-0.3, -0.25) is 9.59 Å². The van der Waals surface area contributed by atoms with E-state index in [1.807, 2.05) is 0 Å². The van der Waals surface area contributed by atoms with E-state index in [2.05, 4.69) is 20.8 Å². The Labute approximate surface area is 168 Å². The van der Waals surface area contributed by atoms with Gasteiger partial charge in [-0.15, -0.1) is 0 Å². The van der Waals surface area contributed by atoms with Crippen LogP contribution < -0.4 is 0 Å². The summed E-state index contributed by atoms with van der Waals surface area (Å²) < 4.78 is 0. The third kappa shape index (κ3) is 17.0. The molecule has 0 heterocycles. The highest BCUT2D eigenvalue weighted by Gasteiger charge is 2.25. The van der Waals surface area contributed by atoms with Crippen molar-refractivity contribution < 1.29 is 14.7 Å². The Balaban J connectivity index is 3.25. The zero-order chi connectivity index (χ0) is 20.4. The Morgan fingerprint density at radius 2 is 0.963 bits per heavy atom. The summed E-state index contributed by atoms with van der Waals surface area (Å²) in [6, 6.07) is 0. The second kappa shape index (κ2) is 17.3. The van der Waals surface area contributed by atoms with Gasteiger partial charge in [0, 0.05) is 18.3 Å². The molecule has 0 aromatic carbocycles. The van der Waals surface area contributed by atoms with Gasteiger partial charge in [0.2, 0.25) is 0 Å². The molecule has 0 saturated carbocycles. The molecule has 27 heavy (non-hydrogen) atoms. The van der Waals surface area contributed by atoms with Gasteiger partial charge in [0.1, 0.15) is 5.78 Å². The first-order valence-electron chi connectivity index (χ1n) is 11.6. The van der Waals surface area contributed by atoms with Crippen molar-refractivity contribution in [1.82, 2.24) is 0 Å². The van der Waals surface area contributed by atoms with Gasteiger partial charge in [-0.25, -0.2) is 0 Å². The molecule has 0 saturated heterocycles. The molecule has 0 radical (unpaired) electrons. The molecule has 0 aliphatic rings. The first-order valence-corrected chi connectivity index (χ1v) is 11.6. The number of hydrogen-bond donors (Lipinski definition) is 1. The smallest absolute Gasteiger partial charge is 0.303 e. The third-order valence-electron chi connectivity index (χ3n) is 5.67. The molecular weight excluding hydrogens is 336 g/mol. The van der Waals surface area contributed by atoms with Crippen LogP contribution in [0.2, 0.25) is 0 Å². The predicted octanol–water partition coefficient (Wildman–Crippen LogP) is 7.71. The Hall–Kier alpha value is -0.860. The lowest BCUT2D eigenvalue weighted by Crippen LogP contribution is -2.23. The minimum Gasteiger partial charge on any atom is -0.481 e. The fourth-order valence-electron chi connectivity index (χ4n) is 3.79. The average Bonchev–Trinajstić information content (AvgIpc) is 2.60. The molecule has 3 heteroatoms. The van der Waals surface area contributed by atoms with Gasteiger partial charge < -0.3 is 5.11 Å². The lowest BCUT2D eigenvalue weighted by molar-refractivity contribution is -0.137. The lowest BCUT2D eigenvalue weighted by atomic mass is 9.81. The number of aliphatic carboxylic acids is 1. The lowest BCUT2D eigenvalue weighted by Gasteiger charge is -2.22. The molecule has 0 amide bonds. The van der Waals surface area contributed by atoms with Crippen molar-refractivity contribution in [2.24, 2.45) is 5.41 Å². The zero-order valence-electron chi connectivity index (χ0n) is 18.5. The van der Waals surface area contributed by atoms with E-state index in [0.717, 1.165) is 38.5 Å². The summed E-state index contributed by atoms with van der Waals surface area (Å²) in [7, 11) is 0. The van der Waals surface area contributed by atoms with Gasteiger partial charge in [-0.05, 0) is 19.3 Å². The van der Waals surface area contributed by atoms with E-state index in [0.29, 0.717) is 12.2 Å². The minimum atomic E-state index is -0.667. The quantitative estimate of drug-likeness (QED) is 0.219. The minimum absolute atomic E-state index is 0.118. The number of carbonyl (C=O) groups excluding carboxylic acids is 1. The van der Waals surface area contributed by atoms with E-state index in [4.69, 9.17) is 5.11 Å². The largest absolute Gasteiger partial charge is 0.481 e. The Morgan fingerprint density at radius 3 is 1.30 bits per heavy atom. The monoisotopic (exact) mass is 382 g/mol. The molecule has 3 nitrogen and oxygen atoms in total. The predicted molar refractivity (Wildman–Crippen MR) is 115 cm³/mol. The van der Waals surface area contributed by atoms with E-state index < -0.39 is 5.97 Å². The van der Waals surface area contributed by atoms with Crippen LogP contribution in [-0.2, 0) is 9.59 Å². The molecule has 1 N–H and O–H groups in total. The Kier molecular flexibility index (Phi) is 16.7. The number of ketones is 1. The molecular formula is C24H46O3. The summed E-state index contributed by atoms with van der Waals surface area (Å²) in [5.74, 6) is -0.217. The summed E-state index contributed by atoms with van der Waals surface area (Å²) in [5, 5.41) is 8.57. The van der Waals surface area contributed by atoms with Gasteiger partial charge in [-0.2, -0.15) is 0 Å². The SMILES string of the molecule is CCCC(C)(C)C(=O)CCCCCCCCCCCCCCCCC(=O)O. The van der Waals surface area contributed by atoms with Gasteiger partial charge in [-0.1, -0.05) is 104 Å². The van der Waals surface area contributed by atoms with Gasteiger partial charge in [0.05, 0.1) is 0 Å². The molecule has 0 spiro atoms. The van der Waals surface area contributed by atoms with Gasteiger partial charge in [0.25, 0.3) is 0 Å². The molecule has 0 atom stereocenters. The average molecular weight is 383 g/mol. The second-order valence-corrected chi connectivity index (χ2v) is 8.90. The van der Waals surface area contributed by atoms with Crippen molar-refractivity contribution in [2.45, 2.75) is 136 Å². The van der Waals surface area contributed by atoms with Crippen LogP contribution in [0.4, 0.5) is 0 Å². The van der Waals surface area contributed by atoms with Gasteiger partial charge in [0.15, 0.2) is 0 Å². The molecule has 0 rings (SSSR count). The van der Waals surface area contributed by atoms with E-state index in [1.54, 1.807) is 0 Å². The van der Waals surface area contributed by atoms with Crippen molar-refractivity contribution in [2.75, 3.05) is 0 Å². The highest BCUT2D eigenvalue weighted by atomic mass is 16.4. The van der Waals surface area contributed by atoms with Crippen molar-refractivity contribution in [3.05, 3.63) is 0 Å². The van der Waals surface area contributed by atoms with E-state index in [-0.39, 0.29) is 5.41 Å². The van der Waals surface area contributed by atoms with E-state index in [1.165, 1.54) is 70.6 Å². The van der Waals surface area contributed by atoms with E-state index >= 15 is 0 Å². The fraction of sp³-hybridized carbons (Fsp3) is 0.917. The zero-order valence-corrected chi connectivity index (χ0v) is 18.5. The van der Waals surface area contributed by atoms with Crippen LogP contribution in [0.5, 0.6) is 0 Å².